The highest BCUT2D eigenvalue weighted by Crippen LogP contribution is 2.26. The first-order valence-corrected chi connectivity index (χ1v) is 10.8. The molecule has 0 unspecified atom stereocenters. The number of amides is 1. The Hall–Kier alpha value is -2.91. The summed E-state index contributed by atoms with van der Waals surface area (Å²) in [5.74, 6) is -0.326. The smallest absolute Gasteiger partial charge is 0.254 e. The number of carbonyl (C=O) groups is 1. The molecule has 0 radical (unpaired) electrons. The summed E-state index contributed by atoms with van der Waals surface area (Å²) in [5, 5.41) is 17.6. The van der Waals surface area contributed by atoms with Gasteiger partial charge in [-0.05, 0) is 58.6 Å². The molecule has 2 heterocycles. The van der Waals surface area contributed by atoms with E-state index in [1.54, 1.807) is 6.07 Å². The van der Waals surface area contributed by atoms with Gasteiger partial charge in [0, 0.05) is 29.9 Å². The van der Waals surface area contributed by atoms with Gasteiger partial charge in [0.2, 0.25) is 0 Å². The number of nitrogens with one attached hydrogen (secondary N) is 1. The van der Waals surface area contributed by atoms with Gasteiger partial charge in [-0.1, -0.05) is 0 Å². The molecule has 4 rings (SSSR count). The summed E-state index contributed by atoms with van der Waals surface area (Å²) in [7, 11) is 0. The number of aliphatic hydroxyl groups is 1. The number of hydrogen-bond donors (Lipinski definition) is 2. The van der Waals surface area contributed by atoms with E-state index in [0.717, 1.165) is 36.8 Å². The van der Waals surface area contributed by atoms with Gasteiger partial charge in [-0.3, -0.25) is 4.79 Å². The van der Waals surface area contributed by atoms with Gasteiger partial charge in [0.05, 0.1) is 35.1 Å². The number of halogens is 1. The zero-order chi connectivity index (χ0) is 22.9. The normalized spacial score (nSPS) is 19.3. The second kappa shape index (κ2) is 8.91. The third kappa shape index (κ3) is 4.78. The summed E-state index contributed by atoms with van der Waals surface area (Å²) in [6, 6.07) is 4.51. The Morgan fingerprint density at radius 1 is 1.25 bits per heavy atom. The maximum Gasteiger partial charge on any atom is 0.254 e. The molecule has 2 aromatic heterocycles. The van der Waals surface area contributed by atoms with Crippen LogP contribution in [-0.2, 0) is 4.74 Å². The average molecular weight is 442 g/mol. The lowest BCUT2D eigenvalue weighted by Crippen LogP contribution is -2.42. The third-order valence-corrected chi connectivity index (χ3v) is 5.79. The van der Waals surface area contributed by atoms with Gasteiger partial charge in [-0.2, -0.15) is 9.78 Å². The Labute approximate surface area is 185 Å². The van der Waals surface area contributed by atoms with Gasteiger partial charge in [0.25, 0.3) is 11.9 Å². The lowest BCUT2D eigenvalue weighted by Gasteiger charge is -2.34. The van der Waals surface area contributed by atoms with Crippen molar-refractivity contribution in [1.29, 1.82) is 0 Å². The average Bonchev–Trinajstić information content (AvgIpc) is 3.10. The molecule has 1 amide bonds. The minimum Gasteiger partial charge on any atom is -0.393 e. The maximum atomic E-state index is 13.7. The fraction of sp³-hybridized carbons (Fsp3) is 0.478. The van der Waals surface area contributed by atoms with Crippen LogP contribution in [-0.4, -0.2) is 55.1 Å². The number of nitrogens with zero attached hydrogens (tertiary/aromatic N) is 4. The molecule has 0 spiro atoms. The highest BCUT2D eigenvalue weighted by atomic mass is 19.1. The summed E-state index contributed by atoms with van der Waals surface area (Å²) in [6.45, 7) is 5.55. The zero-order valence-corrected chi connectivity index (χ0v) is 18.5. The molecule has 1 aliphatic rings. The van der Waals surface area contributed by atoms with Crippen LogP contribution in [0.1, 0.15) is 55.6 Å². The van der Waals surface area contributed by atoms with Gasteiger partial charge >= 0.3 is 0 Å². The Morgan fingerprint density at radius 2 is 1.94 bits per heavy atom. The lowest BCUT2D eigenvalue weighted by molar-refractivity contribution is -0.109. The second-order valence-corrected chi connectivity index (χ2v) is 8.91. The summed E-state index contributed by atoms with van der Waals surface area (Å²) in [5.41, 5.74) is 1.12. The first kappa shape index (κ1) is 22.3. The van der Waals surface area contributed by atoms with E-state index in [1.165, 1.54) is 29.2 Å². The van der Waals surface area contributed by atoms with Crippen LogP contribution in [0.25, 0.3) is 16.9 Å². The topological polar surface area (TPSA) is 102 Å². The largest absolute Gasteiger partial charge is 0.393 e. The number of aryl methyl sites for hydroxylation is 1. The molecule has 1 aliphatic carbocycles. The van der Waals surface area contributed by atoms with E-state index in [4.69, 9.17) is 4.74 Å². The molecule has 0 bridgehead atoms. The molecule has 1 aromatic carbocycles. The highest BCUT2D eigenvalue weighted by molar-refractivity contribution is 5.93. The molecule has 170 valence electrons. The molecular formula is C23H28FN5O3. The summed E-state index contributed by atoms with van der Waals surface area (Å²) < 4.78 is 21.1. The van der Waals surface area contributed by atoms with E-state index in [9.17, 15) is 14.3 Å². The van der Waals surface area contributed by atoms with Crippen molar-refractivity contribution < 1.29 is 19.0 Å². The number of aliphatic hydroxyl groups excluding tert-OH is 1. The van der Waals surface area contributed by atoms with Crippen molar-refractivity contribution in [2.75, 3.05) is 6.61 Å². The minimum atomic E-state index is -0.552. The number of ether oxygens (including phenoxy) is 1. The number of aromatic nitrogens is 4. The molecular weight excluding hydrogens is 413 g/mol. The van der Waals surface area contributed by atoms with Crippen molar-refractivity contribution in [3.05, 3.63) is 47.7 Å². The maximum absolute atomic E-state index is 13.7. The molecule has 8 nitrogen and oxygen atoms in total. The fourth-order valence-corrected chi connectivity index (χ4v) is 4.03. The molecule has 0 atom stereocenters. The fourth-order valence-electron chi connectivity index (χ4n) is 4.03. The van der Waals surface area contributed by atoms with Gasteiger partial charge < -0.3 is 15.2 Å². The molecule has 2 N–H and O–H groups in total. The first-order chi connectivity index (χ1) is 15.3. The van der Waals surface area contributed by atoms with E-state index < -0.39 is 5.60 Å². The van der Waals surface area contributed by atoms with Gasteiger partial charge in [0.15, 0.2) is 0 Å². The molecule has 0 saturated heterocycles. The van der Waals surface area contributed by atoms with E-state index in [0.29, 0.717) is 11.1 Å². The second-order valence-electron chi connectivity index (χ2n) is 8.91. The molecule has 3 aromatic rings. The summed E-state index contributed by atoms with van der Waals surface area (Å²) in [4.78, 5) is 21.2. The quantitative estimate of drug-likeness (QED) is 0.610. The molecule has 9 heteroatoms. The van der Waals surface area contributed by atoms with Crippen LogP contribution in [0.3, 0.4) is 0 Å². The molecule has 32 heavy (non-hydrogen) atoms. The summed E-state index contributed by atoms with van der Waals surface area (Å²) >= 11 is 0. The van der Waals surface area contributed by atoms with Crippen LogP contribution in [0.15, 0.2) is 30.6 Å². The van der Waals surface area contributed by atoms with Crippen molar-refractivity contribution in [3.8, 4) is 5.95 Å². The van der Waals surface area contributed by atoms with Crippen LogP contribution >= 0.6 is 0 Å². The SMILES string of the molecule is Cc1nn(-c2ncc(C(=O)NC3CCC(OC(C)(C)CO)CC3)cn2)c2cc(F)ccc12. The van der Waals surface area contributed by atoms with Crippen LogP contribution in [0.5, 0.6) is 0 Å². The number of carbonyl (C=O) groups excluding carboxylic acids is 1. The summed E-state index contributed by atoms with van der Waals surface area (Å²) in [6.07, 6.45) is 6.27. The number of hydrogen-bond acceptors (Lipinski definition) is 6. The van der Waals surface area contributed by atoms with Crippen LogP contribution in [0.4, 0.5) is 4.39 Å². The third-order valence-electron chi connectivity index (χ3n) is 5.79. The van der Waals surface area contributed by atoms with Gasteiger partial charge in [-0.15, -0.1) is 0 Å². The monoisotopic (exact) mass is 441 g/mol. The Kier molecular flexibility index (Phi) is 6.21. The van der Waals surface area contributed by atoms with E-state index in [1.807, 2.05) is 20.8 Å². The van der Waals surface area contributed by atoms with Crippen molar-refractivity contribution in [2.45, 2.75) is 64.2 Å². The number of benzene rings is 1. The number of fused-ring (bicyclic) bond motifs is 1. The Bertz CT molecular complexity index is 1100. The van der Waals surface area contributed by atoms with Crippen molar-refractivity contribution in [1.82, 2.24) is 25.1 Å². The minimum absolute atomic E-state index is 0.0253. The van der Waals surface area contributed by atoms with Crippen molar-refractivity contribution in [3.63, 3.8) is 0 Å². The molecule has 1 fully saturated rings. The molecule has 0 aliphatic heterocycles. The predicted octanol–water partition coefficient (Wildman–Crippen LogP) is 3.09. The van der Waals surface area contributed by atoms with E-state index in [-0.39, 0.29) is 36.4 Å². The van der Waals surface area contributed by atoms with Gasteiger partial charge in [-0.25, -0.2) is 14.4 Å². The van der Waals surface area contributed by atoms with E-state index >= 15 is 0 Å². The Balaban J connectivity index is 1.39. The standard InChI is InChI=1S/C23H28FN5O3/c1-14-19-9-4-16(24)10-20(19)29(28-14)22-25-11-15(12-26-22)21(31)27-17-5-7-18(8-6-17)32-23(2,3)13-30/h4,9-12,17-18,30H,5-8,13H2,1-3H3,(H,27,31). The zero-order valence-electron chi connectivity index (χ0n) is 18.5. The van der Waals surface area contributed by atoms with Crippen LogP contribution < -0.4 is 5.32 Å². The predicted molar refractivity (Wildman–Crippen MR) is 117 cm³/mol. The first-order valence-electron chi connectivity index (χ1n) is 10.8. The van der Waals surface area contributed by atoms with Crippen molar-refractivity contribution >= 4 is 16.8 Å². The molecule has 1 saturated carbocycles. The van der Waals surface area contributed by atoms with Crippen LogP contribution in [0, 0.1) is 12.7 Å². The van der Waals surface area contributed by atoms with E-state index in [2.05, 4.69) is 20.4 Å². The lowest BCUT2D eigenvalue weighted by atomic mass is 9.92. The van der Waals surface area contributed by atoms with Crippen molar-refractivity contribution in [2.24, 2.45) is 0 Å². The Morgan fingerprint density at radius 3 is 2.59 bits per heavy atom. The van der Waals surface area contributed by atoms with Crippen LogP contribution in [0.2, 0.25) is 0 Å². The highest BCUT2D eigenvalue weighted by Gasteiger charge is 2.28. The number of rotatable bonds is 6. The van der Waals surface area contributed by atoms with Gasteiger partial charge in [0.1, 0.15) is 5.82 Å².